The quantitative estimate of drug-likeness (QED) is 0.322. The molecule has 0 unspecified atom stereocenters. The van der Waals surface area contributed by atoms with Crippen LogP contribution in [-0.2, 0) is 4.79 Å². The molecule has 0 aliphatic heterocycles. The van der Waals surface area contributed by atoms with Crippen LogP contribution in [0, 0.1) is 0 Å². The fourth-order valence-corrected chi connectivity index (χ4v) is 1.40. The molecule has 0 aliphatic rings. The lowest BCUT2D eigenvalue weighted by atomic mass is 10.2. The maximum atomic E-state index is 11.3. The summed E-state index contributed by atoms with van der Waals surface area (Å²) in [4.78, 5) is 11.3. The van der Waals surface area contributed by atoms with Crippen molar-refractivity contribution in [2.24, 2.45) is 0 Å². The van der Waals surface area contributed by atoms with Gasteiger partial charge in [-0.3, -0.25) is 4.79 Å². The van der Waals surface area contributed by atoms with Crippen molar-refractivity contribution in [3.63, 3.8) is 0 Å². The van der Waals surface area contributed by atoms with Gasteiger partial charge in [0.05, 0.1) is 0 Å². The Balaban J connectivity index is 2.19. The van der Waals surface area contributed by atoms with E-state index < -0.39 is 0 Å². The first-order valence-corrected chi connectivity index (χ1v) is 5.68. The van der Waals surface area contributed by atoms with Crippen LogP contribution in [0.25, 0.3) is 0 Å². The molecule has 0 saturated heterocycles. The van der Waals surface area contributed by atoms with E-state index in [1.165, 1.54) is 0 Å². The lowest BCUT2D eigenvalue weighted by Crippen LogP contribution is -2.07. The number of unbranched alkanes of at least 4 members (excludes halogenated alkanes) is 2. The van der Waals surface area contributed by atoms with Gasteiger partial charge in [-0.2, -0.15) is 0 Å². The molecule has 0 heterocycles. The lowest BCUT2D eigenvalue weighted by Gasteiger charge is -2.03. The third-order valence-corrected chi connectivity index (χ3v) is 2.26. The Morgan fingerprint density at radius 1 is 1.13 bits per heavy atom. The molecule has 0 aromatic heterocycles. The van der Waals surface area contributed by atoms with Crippen molar-refractivity contribution in [2.45, 2.75) is 25.7 Å². The van der Waals surface area contributed by atoms with E-state index >= 15 is 0 Å². The standard InChI is InChI=1S/C12H15ClO2/c13-10-6-2-5-9-12(14)15-11-7-3-1-4-8-11/h1,3-4,7-8H,2,5-6,9-10H2. The van der Waals surface area contributed by atoms with Gasteiger partial charge in [0.1, 0.15) is 5.75 Å². The van der Waals surface area contributed by atoms with Gasteiger partial charge in [0.2, 0.25) is 0 Å². The highest BCUT2D eigenvalue weighted by Gasteiger charge is 2.03. The fraction of sp³-hybridized carbons (Fsp3) is 0.417. The Morgan fingerprint density at radius 2 is 1.87 bits per heavy atom. The molecule has 15 heavy (non-hydrogen) atoms. The average Bonchev–Trinajstić information content (AvgIpc) is 2.26. The Kier molecular flexibility index (Phi) is 5.86. The predicted molar refractivity (Wildman–Crippen MR) is 61.3 cm³/mol. The van der Waals surface area contributed by atoms with E-state index in [1.54, 1.807) is 12.1 Å². The molecule has 3 heteroatoms. The number of hydrogen-bond acceptors (Lipinski definition) is 2. The number of ether oxygens (including phenoxy) is 1. The summed E-state index contributed by atoms with van der Waals surface area (Å²) in [5, 5.41) is 0. The molecule has 1 aromatic rings. The van der Waals surface area contributed by atoms with Crippen LogP contribution >= 0.6 is 11.6 Å². The summed E-state index contributed by atoms with van der Waals surface area (Å²) in [5.74, 6) is 1.10. The van der Waals surface area contributed by atoms with Crippen molar-refractivity contribution in [1.82, 2.24) is 0 Å². The second-order valence-electron chi connectivity index (χ2n) is 3.29. The molecule has 0 saturated carbocycles. The minimum absolute atomic E-state index is 0.171. The number of alkyl halides is 1. The van der Waals surface area contributed by atoms with Crippen LogP contribution in [-0.4, -0.2) is 11.8 Å². The van der Waals surface area contributed by atoms with Crippen molar-refractivity contribution >= 4 is 17.6 Å². The van der Waals surface area contributed by atoms with Gasteiger partial charge in [-0.25, -0.2) is 0 Å². The molecule has 0 N–H and O–H groups in total. The molecule has 82 valence electrons. The number of esters is 1. The number of carbonyl (C=O) groups excluding carboxylic acids is 1. The van der Waals surface area contributed by atoms with Crippen molar-refractivity contribution in [1.29, 1.82) is 0 Å². The zero-order valence-electron chi connectivity index (χ0n) is 8.62. The predicted octanol–water partition coefficient (Wildman–Crippen LogP) is 3.39. The van der Waals surface area contributed by atoms with Gasteiger partial charge >= 0.3 is 5.97 Å². The third-order valence-electron chi connectivity index (χ3n) is 1.99. The smallest absolute Gasteiger partial charge is 0.311 e. The highest BCUT2D eigenvalue weighted by Crippen LogP contribution is 2.10. The first kappa shape index (κ1) is 12.1. The van der Waals surface area contributed by atoms with E-state index in [1.807, 2.05) is 18.2 Å². The molecule has 0 radical (unpaired) electrons. The summed E-state index contributed by atoms with van der Waals surface area (Å²) in [6.07, 6.45) is 3.25. The summed E-state index contributed by atoms with van der Waals surface area (Å²) in [6, 6.07) is 9.12. The van der Waals surface area contributed by atoms with E-state index in [4.69, 9.17) is 16.3 Å². The number of rotatable bonds is 6. The number of halogens is 1. The molecular weight excluding hydrogens is 212 g/mol. The molecule has 0 aliphatic carbocycles. The molecule has 2 nitrogen and oxygen atoms in total. The van der Waals surface area contributed by atoms with Gasteiger partial charge in [0, 0.05) is 12.3 Å². The second kappa shape index (κ2) is 7.30. The lowest BCUT2D eigenvalue weighted by molar-refractivity contribution is -0.134. The van der Waals surface area contributed by atoms with Gasteiger partial charge in [-0.05, 0) is 25.0 Å². The molecule has 1 rings (SSSR count). The van der Waals surface area contributed by atoms with Crippen molar-refractivity contribution < 1.29 is 9.53 Å². The van der Waals surface area contributed by atoms with Gasteiger partial charge in [0.25, 0.3) is 0 Å². The molecule has 0 amide bonds. The normalized spacial score (nSPS) is 9.93. The van der Waals surface area contributed by atoms with Crippen LogP contribution in [0.4, 0.5) is 0 Å². The molecule has 0 fully saturated rings. The van der Waals surface area contributed by atoms with E-state index in [2.05, 4.69) is 0 Å². The SMILES string of the molecule is O=C(CCCCCCl)Oc1ccccc1. The minimum atomic E-state index is -0.171. The Hall–Kier alpha value is -1.02. The van der Waals surface area contributed by atoms with Crippen LogP contribution in [0.15, 0.2) is 30.3 Å². The fourth-order valence-electron chi connectivity index (χ4n) is 1.21. The Labute approximate surface area is 95.2 Å². The molecular formula is C12H15ClO2. The second-order valence-corrected chi connectivity index (χ2v) is 3.66. The highest BCUT2D eigenvalue weighted by molar-refractivity contribution is 6.17. The van der Waals surface area contributed by atoms with Crippen LogP contribution in [0.5, 0.6) is 5.75 Å². The first-order valence-electron chi connectivity index (χ1n) is 5.14. The maximum absolute atomic E-state index is 11.3. The number of hydrogen-bond donors (Lipinski definition) is 0. The summed E-state index contributed by atoms with van der Waals surface area (Å²) in [7, 11) is 0. The van der Waals surface area contributed by atoms with Crippen LogP contribution < -0.4 is 4.74 Å². The first-order chi connectivity index (χ1) is 7.33. The van der Waals surface area contributed by atoms with E-state index in [0.29, 0.717) is 18.1 Å². The minimum Gasteiger partial charge on any atom is -0.427 e. The van der Waals surface area contributed by atoms with Crippen LogP contribution in [0.2, 0.25) is 0 Å². The molecule has 0 bridgehead atoms. The summed E-state index contributed by atoms with van der Waals surface area (Å²) in [6.45, 7) is 0. The van der Waals surface area contributed by atoms with Crippen molar-refractivity contribution in [3.8, 4) is 5.75 Å². The largest absolute Gasteiger partial charge is 0.427 e. The third kappa shape index (κ3) is 5.43. The van der Waals surface area contributed by atoms with Gasteiger partial charge in [0.15, 0.2) is 0 Å². The average molecular weight is 227 g/mol. The summed E-state index contributed by atoms with van der Waals surface area (Å²) >= 11 is 5.53. The molecule has 0 spiro atoms. The Morgan fingerprint density at radius 3 is 2.53 bits per heavy atom. The zero-order chi connectivity index (χ0) is 10.9. The van der Waals surface area contributed by atoms with Crippen molar-refractivity contribution in [2.75, 3.05) is 5.88 Å². The Bertz CT molecular complexity index is 285. The van der Waals surface area contributed by atoms with Crippen molar-refractivity contribution in [3.05, 3.63) is 30.3 Å². The monoisotopic (exact) mass is 226 g/mol. The topological polar surface area (TPSA) is 26.3 Å². The maximum Gasteiger partial charge on any atom is 0.311 e. The highest BCUT2D eigenvalue weighted by atomic mass is 35.5. The number of benzene rings is 1. The van der Waals surface area contributed by atoms with Crippen LogP contribution in [0.3, 0.4) is 0 Å². The summed E-state index contributed by atoms with van der Waals surface area (Å²) < 4.78 is 5.12. The van der Waals surface area contributed by atoms with Gasteiger partial charge in [-0.15, -0.1) is 11.6 Å². The molecule has 0 atom stereocenters. The molecule has 1 aromatic carbocycles. The number of carbonyl (C=O) groups is 1. The van der Waals surface area contributed by atoms with E-state index in [-0.39, 0.29) is 5.97 Å². The number of para-hydroxylation sites is 1. The zero-order valence-corrected chi connectivity index (χ0v) is 9.37. The van der Waals surface area contributed by atoms with E-state index in [9.17, 15) is 4.79 Å². The van der Waals surface area contributed by atoms with Gasteiger partial charge in [-0.1, -0.05) is 24.6 Å². The summed E-state index contributed by atoms with van der Waals surface area (Å²) in [5.41, 5.74) is 0. The van der Waals surface area contributed by atoms with Crippen LogP contribution in [0.1, 0.15) is 25.7 Å². The van der Waals surface area contributed by atoms with E-state index in [0.717, 1.165) is 19.3 Å². The van der Waals surface area contributed by atoms with Gasteiger partial charge < -0.3 is 4.74 Å².